The first-order chi connectivity index (χ1) is 7.01. The molecule has 0 unspecified atom stereocenters. The minimum absolute atomic E-state index is 0.473. The van der Waals surface area contributed by atoms with Crippen LogP contribution in [-0.2, 0) is 10.8 Å². The van der Waals surface area contributed by atoms with Crippen LogP contribution in [0, 0.1) is 11.3 Å². The largest absolute Gasteiger partial charge is 0.417 e. The third-order valence-corrected chi connectivity index (χ3v) is 2.93. The number of hydrogen-bond donors (Lipinski definition) is 0. The Morgan fingerprint density at radius 2 is 2.20 bits per heavy atom. The first-order valence-corrected chi connectivity index (χ1v) is 8.41. The molecular weight excluding hydrogens is 204 g/mol. The van der Waals surface area contributed by atoms with Crippen molar-refractivity contribution in [2.45, 2.75) is 26.1 Å². The zero-order chi connectivity index (χ0) is 11.3. The van der Waals surface area contributed by atoms with Gasteiger partial charge in [0.1, 0.15) is 11.8 Å². The lowest BCUT2D eigenvalue weighted by Gasteiger charge is -2.16. The second kappa shape index (κ2) is 5.05. The van der Waals surface area contributed by atoms with Crippen LogP contribution in [-0.4, -0.2) is 19.9 Å². The molecule has 0 atom stereocenters. The minimum Gasteiger partial charge on any atom is -0.417 e. The van der Waals surface area contributed by atoms with Crippen LogP contribution < -0.4 is 0 Å². The average molecular weight is 220 g/mol. The van der Waals surface area contributed by atoms with Crippen LogP contribution >= 0.6 is 0 Å². The Morgan fingerprint density at radius 1 is 1.47 bits per heavy atom. The second-order valence-corrected chi connectivity index (χ2v) is 8.89. The Morgan fingerprint density at radius 3 is 2.80 bits per heavy atom. The molecular formula is C11H16N2OSi. The molecule has 15 heavy (non-hydrogen) atoms. The fourth-order valence-corrected chi connectivity index (χ4v) is 1.88. The summed E-state index contributed by atoms with van der Waals surface area (Å²) in [5.41, 5.74) is 1.58. The first-order valence-electron chi connectivity index (χ1n) is 5.00. The average Bonchev–Trinajstić information content (AvgIpc) is 2.16. The molecule has 80 valence electrons. The molecule has 1 rings (SSSR count). The molecule has 0 saturated heterocycles. The molecule has 0 aliphatic heterocycles. The van der Waals surface area contributed by atoms with Crippen LogP contribution in [0.3, 0.4) is 0 Å². The van der Waals surface area contributed by atoms with E-state index in [4.69, 9.17) is 9.69 Å². The quantitative estimate of drug-likeness (QED) is 0.732. The van der Waals surface area contributed by atoms with E-state index in [1.807, 2.05) is 18.2 Å². The lowest BCUT2D eigenvalue weighted by molar-refractivity contribution is 0.316. The van der Waals surface area contributed by atoms with E-state index in [9.17, 15) is 0 Å². The highest BCUT2D eigenvalue weighted by atomic mass is 28.4. The molecule has 4 heteroatoms. The molecule has 0 aliphatic carbocycles. The van der Waals surface area contributed by atoms with Gasteiger partial charge in [0.05, 0.1) is 0 Å². The molecule has 0 aliphatic rings. The monoisotopic (exact) mass is 220 g/mol. The SMILES string of the molecule is C[Si](C)(C)OCCc1ccnc(C#N)c1. The summed E-state index contributed by atoms with van der Waals surface area (Å²) in [6, 6.07) is 5.77. The van der Waals surface area contributed by atoms with Crippen LogP contribution in [0.15, 0.2) is 18.3 Å². The molecule has 1 aromatic heterocycles. The second-order valence-electron chi connectivity index (χ2n) is 4.37. The molecule has 0 spiro atoms. The number of hydrogen-bond acceptors (Lipinski definition) is 3. The third kappa shape index (κ3) is 4.72. The van der Waals surface area contributed by atoms with Crippen molar-refractivity contribution in [3.05, 3.63) is 29.6 Å². The molecule has 0 fully saturated rings. The van der Waals surface area contributed by atoms with Gasteiger partial charge in [-0.1, -0.05) is 0 Å². The third-order valence-electron chi connectivity index (χ3n) is 1.86. The van der Waals surface area contributed by atoms with Crippen molar-refractivity contribution in [2.75, 3.05) is 6.61 Å². The summed E-state index contributed by atoms with van der Waals surface area (Å²) in [5.74, 6) is 0. The van der Waals surface area contributed by atoms with Gasteiger partial charge in [0.2, 0.25) is 0 Å². The van der Waals surface area contributed by atoms with Gasteiger partial charge in [-0.3, -0.25) is 0 Å². The zero-order valence-corrected chi connectivity index (χ0v) is 10.4. The van der Waals surface area contributed by atoms with E-state index < -0.39 is 8.32 Å². The van der Waals surface area contributed by atoms with Gasteiger partial charge < -0.3 is 4.43 Å². The van der Waals surface area contributed by atoms with Crippen molar-refractivity contribution in [3.63, 3.8) is 0 Å². The standard InChI is InChI=1S/C11H16N2OSi/c1-15(2,3)14-7-5-10-4-6-13-11(8-10)9-12/h4,6,8H,5,7H2,1-3H3. The maximum absolute atomic E-state index is 8.68. The molecule has 0 saturated carbocycles. The summed E-state index contributed by atoms with van der Waals surface area (Å²) in [4.78, 5) is 3.92. The summed E-state index contributed by atoms with van der Waals surface area (Å²) in [5, 5.41) is 8.68. The number of rotatable bonds is 4. The van der Waals surface area contributed by atoms with Gasteiger partial charge in [0, 0.05) is 12.8 Å². The smallest absolute Gasteiger partial charge is 0.183 e. The van der Waals surface area contributed by atoms with Gasteiger partial charge in [0.25, 0.3) is 0 Å². The molecule has 0 N–H and O–H groups in total. The number of aromatic nitrogens is 1. The van der Waals surface area contributed by atoms with E-state index in [0.717, 1.165) is 18.6 Å². The summed E-state index contributed by atoms with van der Waals surface area (Å²) in [7, 11) is -1.41. The van der Waals surface area contributed by atoms with E-state index >= 15 is 0 Å². The van der Waals surface area contributed by atoms with Crippen LogP contribution in [0.4, 0.5) is 0 Å². The van der Waals surface area contributed by atoms with Crippen molar-refractivity contribution in [2.24, 2.45) is 0 Å². The fraction of sp³-hybridized carbons (Fsp3) is 0.455. The minimum atomic E-state index is -1.41. The van der Waals surface area contributed by atoms with Crippen LogP contribution in [0.1, 0.15) is 11.3 Å². The van der Waals surface area contributed by atoms with E-state index in [1.165, 1.54) is 0 Å². The maximum Gasteiger partial charge on any atom is 0.183 e. The molecule has 1 aromatic rings. The normalized spacial score (nSPS) is 11.1. The molecule has 0 bridgehead atoms. The van der Waals surface area contributed by atoms with Crippen molar-refractivity contribution >= 4 is 8.32 Å². The Hall–Kier alpha value is -1.18. The van der Waals surface area contributed by atoms with Gasteiger partial charge in [-0.15, -0.1) is 0 Å². The van der Waals surface area contributed by atoms with Crippen LogP contribution in [0.25, 0.3) is 0 Å². The summed E-state index contributed by atoms with van der Waals surface area (Å²) < 4.78 is 5.74. The first kappa shape index (κ1) is 11.9. The lowest BCUT2D eigenvalue weighted by Crippen LogP contribution is -2.26. The van der Waals surface area contributed by atoms with Gasteiger partial charge in [-0.2, -0.15) is 5.26 Å². The Bertz CT molecular complexity index is 366. The molecule has 0 amide bonds. The van der Waals surface area contributed by atoms with Gasteiger partial charge in [0.15, 0.2) is 8.32 Å². The summed E-state index contributed by atoms with van der Waals surface area (Å²) >= 11 is 0. The predicted octanol–water partition coefficient (Wildman–Crippen LogP) is 2.35. The Kier molecular flexibility index (Phi) is 4.01. The molecule has 0 radical (unpaired) electrons. The van der Waals surface area contributed by atoms with Crippen LogP contribution in [0.5, 0.6) is 0 Å². The number of nitrogens with zero attached hydrogens (tertiary/aromatic N) is 2. The van der Waals surface area contributed by atoms with E-state index in [1.54, 1.807) is 6.20 Å². The van der Waals surface area contributed by atoms with E-state index in [0.29, 0.717) is 5.69 Å². The molecule has 1 heterocycles. The topological polar surface area (TPSA) is 45.9 Å². The van der Waals surface area contributed by atoms with Crippen molar-refractivity contribution < 1.29 is 4.43 Å². The lowest BCUT2D eigenvalue weighted by atomic mass is 10.2. The van der Waals surface area contributed by atoms with Gasteiger partial charge in [-0.25, -0.2) is 4.98 Å². The number of nitriles is 1. The fourth-order valence-electron chi connectivity index (χ4n) is 1.17. The van der Waals surface area contributed by atoms with Crippen molar-refractivity contribution in [1.29, 1.82) is 5.26 Å². The Balaban J connectivity index is 2.48. The zero-order valence-electron chi connectivity index (χ0n) is 9.45. The van der Waals surface area contributed by atoms with Crippen LogP contribution in [0.2, 0.25) is 19.6 Å². The highest BCUT2D eigenvalue weighted by Gasteiger charge is 2.13. The van der Waals surface area contributed by atoms with Gasteiger partial charge in [-0.05, 0) is 43.8 Å². The maximum atomic E-state index is 8.68. The Labute approximate surface area is 91.9 Å². The van der Waals surface area contributed by atoms with E-state index in [-0.39, 0.29) is 0 Å². The number of pyridine rings is 1. The highest BCUT2D eigenvalue weighted by molar-refractivity contribution is 6.69. The molecule has 0 aromatic carbocycles. The van der Waals surface area contributed by atoms with E-state index in [2.05, 4.69) is 24.6 Å². The predicted molar refractivity (Wildman–Crippen MR) is 62.0 cm³/mol. The van der Waals surface area contributed by atoms with Crippen molar-refractivity contribution in [1.82, 2.24) is 4.98 Å². The van der Waals surface area contributed by atoms with Crippen molar-refractivity contribution in [3.8, 4) is 6.07 Å². The van der Waals surface area contributed by atoms with Gasteiger partial charge >= 0.3 is 0 Å². The summed E-state index contributed by atoms with van der Waals surface area (Å²) in [6.45, 7) is 7.23. The summed E-state index contributed by atoms with van der Waals surface area (Å²) in [6.07, 6.45) is 2.52. The highest BCUT2D eigenvalue weighted by Crippen LogP contribution is 2.06. The molecule has 3 nitrogen and oxygen atoms in total.